The number of aliphatic carboxylic acids is 1. The van der Waals surface area contributed by atoms with Crippen LogP contribution in [-0.4, -0.2) is 55.8 Å². The highest BCUT2D eigenvalue weighted by molar-refractivity contribution is 9.10. The maximum atomic E-state index is 13.9. The van der Waals surface area contributed by atoms with Crippen LogP contribution >= 0.6 is 15.9 Å². The zero-order valence-corrected chi connectivity index (χ0v) is 19.9. The molecule has 2 heterocycles. The zero-order chi connectivity index (χ0) is 26.7. The number of amides is 1. The number of halogens is 6. The molecule has 1 fully saturated rings. The van der Waals surface area contributed by atoms with Crippen molar-refractivity contribution >= 4 is 45.0 Å². The van der Waals surface area contributed by atoms with E-state index >= 15 is 0 Å². The molecule has 194 valence electrons. The Kier molecular flexibility index (Phi) is 8.13. The fourth-order valence-corrected chi connectivity index (χ4v) is 3.80. The summed E-state index contributed by atoms with van der Waals surface area (Å²) >= 11 is 3.39. The Morgan fingerprint density at radius 2 is 1.89 bits per heavy atom. The molecule has 1 aliphatic carbocycles. The Hall–Kier alpha value is -3.33. The summed E-state index contributed by atoms with van der Waals surface area (Å²) in [5.74, 6) is -5.68. The van der Waals surface area contributed by atoms with Gasteiger partial charge < -0.3 is 21.5 Å². The minimum atomic E-state index is -5.08. The second-order valence-electron chi connectivity index (χ2n) is 7.81. The predicted octanol–water partition coefficient (Wildman–Crippen LogP) is 4.30. The number of rotatable bonds is 4. The van der Waals surface area contributed by atoms with E-state index in [0.29, 0.717) is 30.0 Å². The van der Waals surface area contributed by atoms with Gasteiger partial charge in [0.1, 0.15) is 11.4 Å². The second-order valence-corrected chi connectivity index (χ2v) is 8.66. The van der Waals surface area contributed by atoms with Gasteiger partial charge in [-0.2, -0.15) is 18.3 Å². The van der Waals surface area contributed by atoms with Crippen molar-refractivity contribution in [2.75, 3.05) is 10.6 Å². The number of nitrogens with zero attached hydrogens (tertiary/aromatic N) is 3. The molecule has 0 unspecified atom stereocenters. The number of nitrogens with one attached hydrogen (secondary N) is 2. The van der Waals surface area contributed by atoms with Gasteiger partial charge in [0.15, 0.2) is 5.65 Å². The number of nitrogens with two attached hydrogens (primary N) is 1. The summed E-state index contributed by atoms with van der Waals surface area (Å²) in [6, 6.07) is 6.95. The first-order valence-corrected chi connectivity index (χ1v) is 11.2. The third kappa shape index (κ3) is 6.46. The molecular weight excluding hydrogens is 559 g/mol. The smallest absolute Gasteiger partial charge is 0.475 e. The number of fused-ring (bicyclic) bond motifs is 1. The van der Waals surface area contributed by atoms with Crippen LogP contribution in [0.25, 0.3) is 5.65 Å². The molecule has 15 heteroatoms. The molecule has 3 aromatic rings. The first-order valence-electron chi connectivity index (χ1n) is 10.4. The van der Waals surface area contributed by atoms with E-state index in [1.54, 1.807) is 24.4 Å². The first kappa shape index (κ1) is 27.3. The Morgan fingerprint density at radius 3 is 2.53 bits per heavy atom. The minimum Gasteiger partial charge on any atom is -0.475 e. The molecule has 2 atom stereocenters. The van der Waals surface area contributed by atoms with Crippen molar-refractivity contribution in [1.29, 1.82) is 0 Å². The quantitative estimate of drug-likeness (QED) is 0.339. The van der Waals surface area contributed by atoms with Crippen molar-refractivity contribution in [1.82, 2.24) is 14.6 Å². The molecule has 36 heavy (non-hydrogen) atoms. The number of para-hydroxylation sites is 1. The van der Waals surface area contributed by atoms with Gasteiger partial charge in [-0.15, -0.1) is 0 Å². The Bertz CT molecular complexity index is 1250. The minimum absolute atomic E-state index is 0.208. The highest BCUT2D eigenvalue weighted by Crippen LogP contribution is 2.33. The number of carboxylic acid groups (broad SMARTS) is 1. The third-order valence-electron chi connectivity index (χ3n) is 5.26. The average molecular weight is 579 g/mol. The molecule has 1 amide bonds. The maximum Gasteiger partial charge on any atom is 0.490 e. The van der Waals surface area contributed by atoms with Crippen LogP contribution < -0.4 is 16.4 Å². The molecule has 2 aromatic heterocycles. The van der Waals surface area contributed by atoms with Gasteiger partial charge in [-0.3, -0.25) is 4.79 Å². The number of alkyl halides is 5. The number of anilines is 2. The van der Waals surface area contributed by atoms with Crippen LogP contribution in [0, 0.1) is 0 Å². The van der Waals surface area contributed by atoms with Crippen molar-refractivity contribution in [2.24, 2.45) is 5.73 Å². The summed E-state index contributed by atoms with van der Waals surface area (Å²) in [7, 11) is 0. The fourth-order valence-electron chi connectivity index (χ4n) is 3.41. The van der Waals surface area contributed by atoms with Crippen LogP contribution in [0.15, 0.2) is 47.2 Å². The topological polar surface area (TPSA) is 135 Å². The normalized spacial score (nSPS) is 19.2. The number of benzene rings is 1. The molecule has 9 nitrogen and oxygen atoms in total. The lowest BCUT2D eigenvalue weighted by atomic mass is 9.87. The Labute approximate surface area is 209 Å². The van der Waals surface area contributed by atoms with Gasteiger partial charge >= 0.3 is 12.1 Å². The van der Waals surface area contributed by atoms with Crippen molar-refractivity contribution in [3.8, 4) is 0 Å². The Balaban J connectivity index is 0.000000454. The molecule has 1 saturated carbocycles. The fraction of sp³-hybridized carbons (Fsp3) is 0.333. The van der Waals surface area contributed by atoms with Crippen LogP contribution in [0.5, 0.6) is 0 Å². The van der Waals surface area contributed by atoms with Gasteiger partial charge in [0, 0.05) is 23.1 Å². The molecule has 0 saturated heterocycles. The second kappa shape index (κ2) is 10.7. The lowest BCUT2D eigenvalue weighted by Crippen LogP contribution is -2.55. The van der Waals surface area contributed by atoms with Crippen LogP contribution in [0.1, 0.15) is 29.6 Å². The van der Waals surface area contributed by atoms with E-state index in [4.69, 9.17) is 15.6 Å². The Morgan fingerprint density at radius 1 is 1.22 bits per heavy atom. The standard InChI is InChI=1S/C19H19BrF2N6O.C2HF3O2/c20-12-4-1-2-5-13(12)26-18(29)11-10-24-28-9-7-15(27-17(11)28)25-14-6-3-8-19(21,22)16(14)23;3-2(4,5)1(6)7/h1-2,4-5,7,9-10,14,16H,3,6,8,23H2,(H,25,27)(H,26,29);(H,6,7)/t14-,16-;/m1./s1. The van der Waals surface area contributed by atoms with Crippen LogP contribution in [0.4, 0.5) is 33.5 Å². The van der Waals surface area contributed by atoms with Crippen LogP contribution in [0.3, 0.4) is 0 Å². The molecule has 0 radical (unpaired) electrons. The lowest BCUT2D eigenvalue weighted by molar-refractivity contribution is -0.192. The average Bonchev–Trinajstić information content (AvgIpc) is 3.22. The van der Waals surface area contributed by atoms with E-state index in [0.717, 1.165) is 4.47 Å². The summed E-state index contributed by atoms with van der Waals surface area (Å²) < 4.78 is 61.7. The molecule has 0 spiro atoms. The zero-order valence-electron chi connectivity index (χ0n) is 18.3. The van der Waals surface area contributed by atoms with Crippen molar-refractivity contribution in [3.05, 3.63) is 52.8 Å². The van der Waals surface area contributed by atoms with E-state index in [1.807, 2.05) is 12.1 Å². The van der Waals surface area contributed by atoms with Crippen molar-refractivity contribution in [2.45, 2.75) is 43.4 Å². The van der Waals surface area contributed by atoms with E-state index in [1.165, 1.54) is 10.7 Å². The van der Waals surface area contributed by atoms with E-state index < -0.39 is 30.2 Å². The third-order valence-corrected chi connectivity index (χ3v) is 5.95. The van der Waals surface area contributed by atoms with E-state index in [9.17, 15) is 26.7 Å². The lowest BCUT2D eigenvalue weighted by Gasteiger charge is -2.36. The van der Waals surface area contributed by atoms with Gasteiger partial charge in [0.2, 0.25) is 0 Å². The largest absolute Gasteiger partial charge is 0.490 e. The highest BCUT2D eigenvalue weighted by Gasteiger charge is 2.44. The highest BCUT2D eigenvalue weighted by atomic mass is 79.9. The van der Waals surface area contributed by atoms with Gasteiger partial charge in [0.05, 0.1) is 17.9 Å². The molecule has 0 bridgehead atoms. The molecule has 5 N–H and O–H groups in total. The number of carbonyl (C=O) groups is 2. The van der Waals surface area contributed by atoms with Gasteiger partial charge in [-0.1, -0.05) is 12.1 Å². The van der Waals surface area contributed by atoms with Gasteiger partial charge in [-0.25, -0.2) is 23.1 Å². The number of carbonyl (C=O) groups excluding carboxylic acids is 1. The van der Waals surface area contributed by atoms with E-state index in [-0.39, 0.29) is 17.9 Å². The van der Waals surface area contributed by atoms with Crippen LogP contribution in [-0.2, 0) is 4.79 Å². The van der Waals surface area contributed by atoms with Crippen molar-refractivity contribution in [3.63, 3.8) is 0 Å². The summed E-state index contributed by atoms with van der Waals surface area (Å²) in [4.78, 5) is 26.0. The first-order chi connectivity index (χ1) is 16.8. The summed E-state index contributed by atoms with van der Waals surface area (Å²) in [6.07, 6.45) is -1.35. The maximum absolute atomic E-state index is 13.9. The van der Waals surface area contributed by atoms with Gasteiger partial charge in [0.25, 0.3) is 11.8 Å². The van der Waals surface area contributed by atoms with Gasteiger partial charge in [-0.05, 0) is 47.0 Å². The summed E-state index contributed by atoms with van der Waals surface area (Å²) in [5, 5.41) is 17.1. The predicted molar refractivity (Wildman–Crippen MR) is 123 cm³/mol. The van der Waals surface area contributed by atoms with E-state index in [2.05, 4.69) is 36.6 Å². The summed E-state index contributed by atoms with van der Waals surface area (Å²) in [6.45, 7) is 0. The monoisotopic (exact) mass is 578 g/mol. The molecule has 1 aliphatic rings. The van der Waals surface area contributed by atoms with Crippen LogP contribution in [0.2, 0.25) is 0 Å². The summed E-state index contributed by atoms with van der Waals surface area (Å²) in [5.41, 5.74) is 6.94. The number of hydrogen-bond donors (Lipinski definition) is 4. The molecule has 1 aromatic carbocycles. The molecule has 0 aliphatic heterocycles. The SMILES string of the molecule is N[C@@H]1[C@H](Nc2ccn3ncc(C(=O)Nc4ccccc4Br)c3n2)CCCC1(F)F.O=C(O)C(F)(F)F. The molecule has 4 rings (SSSR count). The molecular formula is C21H20BrF5N6O3. The number of carboxylic acids is 1. The number of aromatic nitrogens is 3. The van der Waals surface area contributed by atoms with Crippen molar-refractivity contribution < 1.29 is 36.6 Å². The number of hydrogen-bond acceptors (Lipinski definition) is 6.